The van der Waals surface area contributed by atoms with Crippen molar-refractivity contribution in [2.24, 2.45) is 23.2 Å². The third-order valence-corrected chi connectivity index (χ3v) is 8.62. The zero-order chi connectivity index (χ0) is 22.1. The van der Waals surface area contributed by atoms with E-state index in [9.17, 15) is 15.3 Å². The SMILES string of the molecule is C=C1CC[C@H](O)CC1=CC=C1CCC[C@@]2(C)C1CC[C@@H]2[C@H](C)CC[C@H](O)C(C)(C)O. The van der Waals surface area contributed by atoms with Gasteiger partial charge in [-0.05, 0) is 107 Å². The van der Waals surface area contributed by atoms with E-state index in [1.807, 2.05) is 0 Å². The van der Waals surface area contributed by atoms with Crippen LogP contribution >= 0.6 is 0 Å². The van der Waals surface area contributed by atoms with Crippen LogP contribution in [0.4, 0.5) is 0 Å². The highest BCUT2D eigenvalue weighted by molar-refractivity contribution is 5.36. The summed E-state index contributed by atoms with van der Waals surface area (Å²) in [5.41, 5.74) is 3.34. The summed E-state index contributed by atoms with van der Waals surface area (Å²) in [4.78, 5) is 0. The molecule has 170 valence electrons. The van der Waals surface area contributed by atoms with E-state index in [0.29, 0.717) is 29.6 Å². The van der Waals surface area contributed by atoms with Crippen LogP contribution in [0.25, 0.3) is 0 Å². The monoisotopic (exact) mass is 416 g/mol. The van der Waals surface area contributed by atoms with E-state index in [1.165, 1.54) is 43.3 Å². The lowest BCUT2D eigenvalue weighted by Crippen LogP contribution is -2.38. The van der Waals surface area contributed by atoms with Crippen molar-refractivity contribution in [2.45, 2.75) is 110 Å². The van der Waals surface area contributed by atoms with E-state index < -0.39 is 11.7 Å². The highest BCUT2D eigenvalue weighted by Crippen LogP contribution is 2.60. The molecule has 0 radical (unpaired) electrons. The Kier molecular flexibility index (Phi) is 7.37. The third kappa shape index (κ3) is 5.11. The quantitative estimate of drug-likeness (QED) is 0.520. The first-order chi connectivity index (χ1) is 14.0. The number of hydrogen-bond acceptors (Lipinski definition) is 3. The molecule has 0 saturated heterocycles. The van der Waals surface area contributed by atoms with Crippen LogP contribution in [0.5, 0.6) is 0 Å². The fourth-order valence-corrected chi connectivity index (χ4v) is 6.58. The second-order valence-corrected chi connectivity index (χ2v) is 11.3. The van der Waals surface area contributed by atoms with Crippen molar-refractivity contribution in [3.05, 3.63) is 35.5 Å². The van der Waals surface area contributed by atoms with E-state index in [0.717, 1.165) is 25.7 Å². The Hall–Kier alpha value is -0.900. The first-order valence-electron chi connectivity index (χ1n) is 12.2. The fraction of sp³-hybridized carbons (Fsp3) is 0.778. The molecule has 0 aromatic rings. The summed E-state index contributed by atoms with van der Waals surface area (Å²) in [6.45, 7) is 12.5. The lowest BCUT2D eigenvalue weighted by atomic mass is 9.60. The van der Waals surface area contributed by atoms with Crippen molar-refractivity contribution in [2.75, 3.05) is 0 Å². The highest BCUT2D eigenvalue weighted by Gasteiger charge is 2.50. The van der Waals surface area contributed by atoms with Gasteiger partial charge in [0.1, 0.15) is 0 Å². The molecule has 3 aliphatic carbocycles. The first kappa shape index (κ1) is 23.8. The molecule has 0 aromatic heterocycles. The molecule has 3 saturated carbocycles. The van der Waals surface area contributed by atoms with Crippen LogP contribution < -0.4 is 0 Å². The average Bonchev–Trinajstić information content (AvgIpc) is 3.03. The number of rotatable bonds is 6. The topological polar surface area (TPSA) is 60.7 Å². The molecule has 1 unspecified atom stereocenters. The van der Waals surface area contributed by atoms with Crippen molar-refractivity contribution in [1.82, 2.24) is 0 Å². The Balaban J connectivity index is 1.69. The van der Waals surface area contributed by atoms with Gasteiger partial charge < -0.3 is 15.3 Å². The maximum atomic E-state index is 10.3. The zero-order valence-electron chi connectivity index (χ0n) is 19.7. The minimum Gasteiger partial charge on any atom is -0.393 e. The second kappa shape index (κ2) is 9.30. The summed E-state index contributed by atoms with van der Waals surface area (Å²) < 4.78 is 0. The Morgan fingerprint density at radius 2 is 1.90 bits per heavy atom. The maximum Gasteiger partial charge on any atom is 0.0849 e. The first-order valence-corrected chi connectivity index (χ1v) is 12.2. The molecule has 3 rings (SSSR count). The summed E-state index contributed by atoms with van der Waals surface area (Å²) in [5.74, 6) is 1.89. The molecule has 0 bridgehead atoms. The van der Waals surface area contributed by atoms with Crippen LogP contribution in [0.3, 0.4) is 0 Å². The lowest BCUT2D eigenvalue weighted by molar-refractivity contribution is -0.0554. The smallest absolute Gasteiger partial charge is 0.0849 e. The van der Waals surface area contributed by atoms with Crippen LogP contribution in [0.2, 0.25) is 0 Å². The number of aliphatic hydroxyl groups excluding tert-OH is 2. The van der Waals surface area contributed by atoms with Crippen molar-refractivity contribution in [1.29, 1.82) is 0 Å². The van der Waals surface area contributed by atoms with Crippen molar-refractivity contribution in [3.8, 4) is 0 Å². The lowest BCUT2D eigenvalue weighted by Gasteiger charge is -2.44. The van der Waals surface area contributed by atoms with Crippen molar-refractivity contribution in [3.63, 3.8) is 0 Å². The molecular formula is C27H44O3. The summed E-state index contributed by atoms with van der Waals surface area (Å²) in [7, 11) is 0. The summed E-state index contributed by atoms with van der Waals surface area (Å²) >= 11 is 0. The Morgan fingerprint density at radius 1 is 1.17 bits per heavy atom. The van der Waals surface area contributed by atoms with Gasteiger partial charge in [0, 0.05) is 0 Å². The number of fused-ring (bicyclic) bond motifs is 1. The fourth-order valence-electron chi connectivity index (χ4n) is 6.58. The van der Waals surface area contributed by atoms with Crippen LogP contribution in [0, 0.1) is 23.2 Å². The van der Waals surface area contributed by atoms with Gasteiger partial charge in [-0.3, -0.25) is 0 Å². The maximum absolute atomic E-state index is 10.3. The molecule has 3 N–H and O–H groups in total. The van der Waals surface area contributed by atoms with Gasteiger partial charge in [0.05, 0.1) is 17.8 Å². The molecule has 0 aliphatic heterocycles. The predicted octanol–water partition coefficient (Wildman–Crippen LogP) is 5.70. The van der Waals surface area contributed by atoms with Gasteiger partial charge in [-0.25, -0.2) is 0 Å². The summed E-state index contributed by atoms with van der Waals surface area (Å²) in [5, 5.41) is 30.3. The van der Waals surface area contributed by atoms with Gasteiger partial charge in [-0.15, -0.1) is 0 Å². The molecule has 0 spiro atoms. The molecule has 6 atom stereocenters. The zero-order valence-corrected chi connectivity index (χ0v) is 19.7. The Labute approximate surface area is 184 Å². The molecule has 3 fully saturated rings. The second-order valence-electron chi connectivity index (χ2n) is 11.3. The predicted molar refractivity (Wildman–Crippen MR) is 124 cm³/mol. The number of aliphatic hydroxyl groups is 3. The summed E-state index contributed by atoms with van der Waals surface area (Å²) in [6.07, 6.45) is 14.1. The van der Waals surface area contributed by atoms with E-state index in [4.69, 9.17) is 0 Å². The van der Waals surface area contributed by atoms with Crippen molar-refractivity contribution >= 4 is 0 Å². The largest absolute Gasteiger partial charge is 0.393 e. The van der Waals surface area contributed by atoms with Crippen LogP contribution in [0.1, 0.15) is 91.9 Å². The Bertz CT molecular complexity index is 683. The Morgan fingerprint density at radius 3 is 2.60 bits per heavy atom. The third-order valence-electron chi connectivity index (χ3n) is 8.62. The molecule has 0 heterocycles. The summed E-state index contributed by atoms with van der Waals surface area (Å²) in [6, 6.07) is 0. The minimum absolute atomic E-state index is 0.215. The van der Waals surface area contributed by atoms with Crippen LogP contribution in [0.15, 0.2) is 35.5 Å². The average molecular weight is 417 g/mol. The van der Waals surface area contributed by atoms with Gasteiger partial charge in [0.2, 0.25) is 0 Å². The molecule has 30 heavy (non-hydrogen) atoms. The van der Waals surface area contributed by atoms with Gasteiger partial charge in [0.15, 0.2) is 0 Å². The molecule has 0 aromatic carbocycles. The van der Waals surface area contributed by atoms with E-state index >= 15 is 0 Å². The standard InChI is InChI=1S/C27H44O3/c1-18-8-12-22(28)17-21(18)11-10-20-7-6-16-27(5)23(13-14-24(20)27)19(2)9-15-25(29)26(3,4)30/h10-11,19,22-25,28-30H,1,6-9,12-17H2,2-5H3/t19-,22+,23-,24?,25+,27-/m1/s1. The van der Waals surface area contributed by atoms with E-state index in [1.54, 1.807) is 19.4 Å². The molecule has 0 amide bonds. The van der Waals surface area contributed by atoms with Gasteiger partial charge in [0.25, 0.3) is 0 Å². The molecule has 3 nitrogen and oxygen atoms in total. The minimum atomic E-state index is -1.02. The van der Waals surface area contributed by atoms with E-state index in [2.05, 4.69) is 32.6 Å². The van der Waals surface area contributed by atoms with Gasteiger partial charge in [-0.1, -0.05) is 43.7 Å². The van der Waals surface area contributed by atoms with Crippen LogP contribution in [-0.2, 0) is 0 Å². The van der Waals surface area contributed by atoms with Gasteiger partial charge >= 0.3 is 0 Å². The van der Waals surface area contributed by atoms with Crippen LogP contribution in [-0.4, -0.2) is 33.1 Å². The van der Waals surface area contributed by atoms with Crippen molar-refractivity contribution < 1.29 is 15.3 Å². The number of hydrogen-bond donors (Lipinski definition) is 3. The molecule has 3 aliphatic rings. The van der Waals surface area contributed by atoms with Gasteiger partial charge in [-0.2, -0.15) is 0 Å². The normalized spacial score (nSPS) is 37.4. The van der Waals surface area contributed by atoms with E-state index in [-0.39, 0.29) is 6.10 Å². The highest BCUT2D eigenvalue weighted by atomic mass is 16.3. The molecular weight excluding hydrogens is 372 g/mol. The molecule has 3 heteroatoms. The number of allylic oxidation sites excluding steroid dienone is 4.